The van der Waals surface area contributed by atoms with Crippen LogP contribution in [0.1, 0.15) is 23.5 Å². The molecule has 0 spiro atoms. The summed E-state index contributed by atoms with van der Waals surface area (Å²) in [4.78, 5) is 10.3. The molecule has 1 aromatic carbocycles. The van der Waals surface area contributed by atoms with Gasteiger partial charge in [-0.2, -0.15) is 0 Å². The summed E-state index contributed by atoms with van der Waals surface area (Å²) >= 11 is 7.39. The number of morpholine rings is 1. The largest absolute Gasteiger partial charge is 0.386 e. The van der Waals surface area contributed by atoms with Crippen molar-refractivity contribution in [3.05, 3.63) is 57.2 Å². The van der Waals surface area contributed by atoms with Crippen molar-refractivity contribution in [2.45, 2.75) is 31.7 Å². The highest BCUT2D eigenvalue weighted by molar-refractivity contribution is 14.0. The lowest BCUT2D eigenvalue weighted by molar-refractivity contribution is -0.0502. The van der Waals surface area contributed by atoms with Gasteiger partial charge in [0, 0.05) is 37.6 Å². The van der Waals surface area contributed by atoms with E-state index in [1.807, 2.05) is 12.1 Å². The van der Waals surface area contributed by atoms with Crippen LogP contribution in [0.15, 0.2) is 47.5 Å². The number of rotatable bonds is 6. The maximum absolute atomic E-state index is 10.5. The van der Waals surface area contributed by atoms with E-state index in [1.54, 1.807) is 0 Å². The highest BCUT2D eigenvalue weighted by Crippen LogP contribution is 2.28. The Hall–Kier alpha value is -0.910. The summed E-state index contributed by atoms with van der Waals surface area (Å²) in [6.07, 6.45) is -0.473. The van der Waals surface area contributed by atoms with Gasteiger partial charge in [0.2, 0.25) is 0 Å². The number of hydrogen-bond acceptors (Lipinski definition) is 5. The summed E-state index contributed by atoms with van der Waals surface area (Å²) in [7, 11) is 0. The maximum atomic E-state index is 10.5. The molecule has 2 aliphatic heterocycles. The first-order valence-corrected chi connectivity index (χ1v) is 11.7. The number of aliphatic hydroxyl groups is 1. The van der Waals surface area contributed by atoms with Gasteiger partial charge in [-0.1, -0.05) is 41.9 Å². The number of benzene rings is 1. The Morgan fingerprint density at radius 1 is 1.29 bits per heavy atom. The first-order chi connectivity index (χ1) is 14.6. The summed E-state index contributed by atoms with van der Waals surface area (Å²) in [5.74, 6) is 0.830. The molecule has 0 aliphatic carbocycles. The number of hydrogen-bond donors (Lipinski definition) is 2. The third kappa shape index (κ3) is 6.33. The number of nitrogens with zero attached hydrogens (tertiary/aromatic N) is 3. The first kappa shape index (κ1) is 24.7. The highest BCUT2D eigenvalue weighted by atomic mass is 127. The number of aliphatic hydroxyl groups excluding tert-OH is 1. The summed E-state index contributed by atoms with van der Waals surface area (Å²) in [5.41, 5.74) is 1.33. The molecule has 6 nitrogen and oxygen atoms in total. The molecule has 3 atom stereocenters. The molecular weight excluding hydrogens is 547 g/mol. The Kier molecular flexibility index (Phi) is 9.42. The van der Waals surface area contributed by atoms with Gasteiger partial charge in [0.25, 0.3) is 0 Å². The molecule has 2 saturated heterocycles. The van der Waals surface area contributed by atoms with Crippen LogP contribution in [0.3, 0.4) is 0 Å². The van der Waals surface area contributed by atoms with Crippen molar-refractivity contribution >= 4 is 52.9 Å². The van der Waals surface area contributed by atoms with E-state index in [0.29, 0.717) is 16.9 Å². The van der Waals surface area contributed by atoms with Gasteiger partial charge in [-0.25, -0.2) is 0 Å². The van der Waals surface area contributed by atoms with Crippen molar-refractivity contribution in [3.8, 4) is 0 Å². The molecule has 3 heterocycles. The molecule has 2 aliphatic rings. The van der Waals surface area contributed by atoms with Crippen LogP contribution in [0.25, 0.3) is 0 Å². The molecule has 9 heteroatoms. The number of likely N-dealkylation sites (tertiary alicyclic amines) is 1. The van der Waals surface area contributed by atoms with Gasteiger partial charge < -0.3 is 20.1 Å². The van der Waals surface area contributed by atoms with E-state index in [0.717, 1.165) is 50.2 Å². The van der Waals surface area contributed by atoms with Crippen molar-refractivity contribution in [3.63, 3.8) is 0 Å². The highest BCUT2D eigenvalue weighted by Gasteiger charge is 2.41. The quantitative estimate of drug-likeness (QED) is 0.313. The fraction of sp³-hybridized carbons (Fsp3) is 0.500. The second-order valence-corrected chi connectivity index (χ2v) is 9.44. The van der Waals surface area contributed by atoms with E-state index in [-0.39, 0.29) is 30.1 Å². The average molecular weight is 577 g/mol. The molecule has 3 unspecified atom stereocenters. The number of nitrogens with one attached hydrogen (secondary N) is 1. The second kappa shape index (κ2) is 11.8. The van der Waals surface area contributed by atoms with Crippen LogP contribution in [0.2, 0.25) is 4.34 Å². The third-order valence-electron chi connectivity index (χ3n) is 5.62. The molecule has 4 rings (SSSR count). The lowest BCUT2D eigenvalue weighted by atomic mass is 10.1. The SMILES string of the molecule is CCNC(=NCC(O)c1ccc(Cl)s1)N1CC2OCCN(Cc3ccccc3)C2C1.I. The summed E-state index contributed by atoms with van der Waals surface area (Å²) in [5, 5.41) is 13.9. The Labute approximate surface area is 210 Å². The van der Waals surface area contributed by atoms with Crippen LogP contribution < -0.4 is 5.32 Å². The predicted molar refractivity (Wildman–Crippen MR) is 138 cm³/mol. The molecule has 0 bridgehead atoms. The minimum Gasteiger partial charge on any atom is -0.386 e. The molecular formula is C22H30ClIN4O2S. The van der Waals surface area contributed by atoms with E-state index in [9.17, 15) is 5.11 Å². The molecule has 2 fully saturated rings. The summed E-state index contributed by atoms with van der Waals surface area (Å²) in [6.45, 7) is 7.45. The fourth-order valence-corrected chi connectivity index (χ4v) is 5.18. The van der Waals surface area contributed by atoms with Crippen molar-refractivity contribution in [1.29, 1.82) is 0 Å². The van der Waals surface area contributed by atoms with Crippen LogP contribution in [-0.2, 0) is 11.3 Å². The fourth-order valence-electron chi connectivity index (χ4n) is 4.14. The zero-order chi connectivity index (χ0) is 20.9. The number of halogens is 2. The van der Waals surface area contributed by atoms with Crippen LogP contribution >= 0.6 is 46.9 Å². The lowest BCUT2D eigenvalue weighted by Crippen LogP contribution is -2.50. The number of thiophene rings is 1. The summed E-state index contributed by atoms with van der Waals surface area (Å²) < 4.78 is 6.78. The van der Waals surface area contributed by atoms with Gasteiger partial charge in [-0.15, -0.1) is 35.3 Å². The van der Waals surface area contributed by atoms with Crippen molar-refractivity contribution in [1.82, 2.24) is 15.1 Å². The standard InChI is InChI=1S/C22H29ClN4O2S.HI/c1-2-24-22(25-12-18(28)20-8-9-21(23)30-20)27-14-17-19(15-27)29-11-10-26(17)13-16-6-4-3-5-7-16;/h3-9,17-19,28H,2,10-15H2,1H3,(H,24,25);1H. The molecule has 0 amide bonds. The van der Waals surface area contributed by atoms with Crippen LogP contribution in [-0.4, -0.2) is 72.3 Å². The van der Waals surface area contributed by atoms with E-state index in [2.05, 4.69) is 52.4 Å². The topological polar surface area (TPSA) is 60.3 Å². The van der Waals surface area contributed by atoms with Crippen LogP contribution in [0, 0.1) is 0 Å². The van der Waals surface area contributed by atoms with Gasteiger partial charge in [0.1, 0.15) is 6.10 Å². The number of ether oxygens (including phenoxy) is 1. The Balaban J connectivity index is 0.00000272. The van der Waals surface area contributed by atoms with Crippen molar-refractivity contribution in [2.24, 2.45) is 4.99 Å². The van der Waals surface area contributed by atoms with Gasteiger partial charge in [0.05, 0.1) is 29.6 Å². The predicted octanol–water partition coefficient (Wildman–Crippen LogP) is 3.60. The zero-order valence-corrected chi connectivity index (χ0v) is 21.5. The van der Waals surface area contributed by atoms with Crippen LogP contribution in [0.4, 0.5) is 0 Å². The van der Waals surface area contributed by atoms with Gasteiger partial charge in [-0.3, -0.25) is 9.89 Å². The monoisotopic (exact) mass is 576 g/mol. The van der Waals surface area contributed by atoms with Crippen LogP contribution in [0.5, 0.6) is 0 Å². The minimum atomic E-state index is -0.646. The van der Waals surface area contributed by atoms with E-state index < -0.39 is 6.10 Å². The molecule has 0 radical (unpaired) electrons. The normalized spacial score (nSPS) is 22.7. The maximum Gasteiger partial charge on any atom is 0.194 e. The summed E-state index contributed by atoms with van der Waals surface area (Å²) in [6, 6.07) is 14.6. The number of fused-ring (bicyclic) bond motifs is 1. The molecule has 0 saturated carbocycles. The number of guanidine groups is 1. The van der Waals surface area contributed by atoms with Gasteiger partial charge in [-0.05, 0) is 24.6 Å². The van der Waals surface area contributed by atoms with Gasteiger partial charge >= 0.3 is 0 Å². The molecule has 2 aromatic rings. The average Bonchev–Trinajstić information content (AvgIpc) is 3.38. The smallest absolute Gasteiger partial charge is 0.194 e. The molecule has 2 N–H and O–H groups in total. The van der Waals surface area contributed by atoms with Gasteiger partial charge in [0.15, 0.2) is 5.96 Å². The third-order valence-corrected chi connectivity index (χ3v) is 6.95. The van der Waals surface area contributed by atoms with E-state index in [4.69, 9.17) is 21.3 Å². The Morgan fingerprint density at radius 3 is 2.81 bits per heavy atom. The number of aliphatic imine (C=N–C) groups is 1. The first-order valence-electron chi connectivity index (χ1n) is 10.5. The van der Waals surface area contributed by atoms with Crippen molar-refractivity contribution < 1.29 is 9.84 Å². The molecule has 1 aromatic heterocycles. The Bertz CT molecular complexity index is 853. The van der Waals surface area contributed by atoms with E-state index in [1.165, 1.54) is 16.9 Å². The van der Waals surface area contributed by atoms with Crippen molar-refractivity contribution in [2.75, 3.05) is 39.3 Å². The van der Waals surface area contributed by atoms with E-state index >= 15 is 0 Å². The molecule has 170 valence electrons. The lowest BCUT2D eigenvalue weighted by Gasteiger charge is -2.36. The second-order valence-electron chi connectivity index (χ2n) is 7.69. The molecule has 31 heavy (non-hydrogen) atoms. The minimum absolute atomic E-state index is 0. The zero-order valence-electron chi connectivity index (χ0n) is 17.6. The Morgan fingerprint density at radius 2 is 2.10 bits per heavy atom.